The molecule has 0 aromatic heterocycles. The number of nitrogens with zero attached hydrogens (tertiary/aromatic N) is 1. The first kappa shape index (κ1) is 11.3. The summed E-state index contributed by atoms with van der Waals surface area (Å²) < 4.78 is 0. The lowest BCUT2D eigenvalue weighted by molar-refractivity contribution is 0.576. The van der Waals surface area contributed by atoms with Crippen LogP contribution in [0.25, 0.3) is 0 Å². The largest absolute Gasteiger partial charge is 0.370 e. The Morgan fingerprint density at radius 1 is 1.50 bits per heavy atom. The predicted molar refractivity (Wildman–Crippen MR) is 54.2 cm³/mol. The Labute approximate surface area is 75.4 Å². The first-order valence-electron chi connectivity index (χ1n) is 4.70. The number of hydrogen-bond donors (Lipinski definition) is 2. The number of nitrogens with two attached hydrogens (primary N) is 1. The van der Waals surface area contributed by atoms with E-state index < -0.39 is 0 Å². The summed E-state index contributed by atoms with van der Waals surface area (Å²) in [6, 6.07) is 0. The maximum absolute atomic E-state index is 5.58. The average molecular weight is 171 g/mol. The van der Waals surface area contributed by atoms with Crippen molar-refractivity contribution in [2.24, 2.45) is 16.6 Å². The van der Waals surface area contributed by atoms with E-state index in [4.69, 9.17) is 5.73 Å². The van der Waals surface area contributed by atoms with Gasteiger partial charge in [0.25, 0.3) is 0 Å². The molecule has 12 heavy (non-hydrogen) atoms. The Bertz CT molecular complexity index is 130. The van der Waals surface area contributed by atoms with E-state index in [0.29, 0.717) is 5.96 Å². The maximum Gasteiger partial charge on any atom is 0.188 e. The normalized spacial score (nSPS) is 12.2. The molecule has 0 fully saturated rings. The fraction of sp³-hybridized carbons (Fsp3) is 0.889. The highest BCUT2D eigenvalue weighted by atomic mass is 15.1. The van der Waals surface area contributed by atoms with Crippen molar-refractivity contribution >= 4 is 5.96 Å². The van der Waals surface area contributed by atoms with Gasteiger partial charge in [0.15, 0.2) is 5.96 Å². The highest BCUT2D eigenvalue weighted by Gasteiger charge is 1.93. The quantitative estimate of drug-likeness (QED) is 0.484. The van der Waals surface area contributed by atoms with E-state index in [1.54, 1.807) is 0 Å². The van der Waals surface area contributed by atoms with Gasteiger partial charge in [0, 0.05) is 13.1 Å². The minimum atomic E-state index is 0.581. The third kappa shape index (κ3) is 7.38. The van der Waals surface area contributed by atoms with Gasteiger partial charge in [-0.05, 0) is 18.8 Å². The second-order valence-corrected chi connectivity index (χ2v) is 3.38. The molecule has 3 N–H and O–H groups in total. The second kappa shape index (κ2) is 6.95. The molecule has 0 atom stereocenters. The SMILES string of the molecule is CCCN=C(N)NCCC(C)C. The zero-order chi connectivity index (χ0) is 9.40. The Kier molecular flexibility index (Phi) is 6.53. The first-order valence-corrected chi connectivity index (χ1v) is 4.70. The lowest BCUT2D eigenvalue weighted by atomic mass is 10.1. The monoisotopic (exact) mass is 171 g/mol. The second-order valence-electron chi connectivity index (χ2n) is 3.38. The van der Waals surface area contributed by atoms with Crippen LogP contribution >= 0.6 is 0 Å². The van der Waals surface area contributed by atoms with E-state index >= 15 is 0 Å². The van der Waals surface area contributed by atoms with Crippen molar-refractivity contribution in [2.45, 2.75) is 33.6 Å². The molecule has 0 rings (SSSR count). The maximum atomic E-state index is 5.58. The van der Waals surface area contributed by atoms with Crippen LogP contribution in [0.5, 0.6) is 0 Å². The van der Waals surface area contributed by atoms with Gasteiger partial charge in [-0.25, -0.2) is 0 Å². The topological polar surface area (TPSA) is 50.4 Å². The third-order valence-corrected chi connectivity index (χ3v) is 1.53. The summed E-state index contributed by atoms with van der Waals surface area (Å²) in [7, 11) is 0. The molecular formula is C9H21N3. The van der Waals surface area contributed by atoms with Crippen LogP contribution in [0.1, 0.15) is 33.6 Å². The fourth-order valence-electron chi connectivity index (χ4n) is 0.777. The van der Waals surface area contributed by atoms with Gasteiger partial charge in [-0.3, -0.25) is 4.99 Å². The van der Waals surface area contributed by atoms with Crippen molar-refractivity contribution in [1.29, 1.82) is 0 Å². The molecule has 0 unspecified atom stereocenters. The van der Waals surface area contributed by atoms with Gasteiger partial charge in [-0.2, -0.15) is 0 Å². The van der Waals surface area contributed by atoms with Gasteiger partial charge in [0.05, 0.1) is 0 Å². The smallest absolute Gasteiger partial charge is 0.188 e. The first-order chi connectivity index (χ1) is 5.66. The summed E-state index contributed by atoms with van der Waals surface area (Å²) in [5, 5.41) is 3.08. The summed E-state index contributed by atoms with van der Waals surface area (Å²) in [5.74, 6) is 1.30. The van der Waals surface area contributed by atoms with Crippen LogP contribution < -0.4 is 11.1 Å². The van der Waals surface area contributed by atoms with Crippen molar-refractivity contribution < 1.29 is 0 Å². The van der Waals surface area contributed by atoms with Crippen molar-refractivity contribution in [3.8, 4) is 0 Å². The molecule has 0 saturated carbocycles. The molecule has 0 radical (unpaired) electrons. The van der Waals surface area contributed by atoms with E-state index in [1.165, 1.54) is 0 Å². The van der Waals surface area contributed by atoms with E-state index in [9.17, 15) is 0 Å². The summed E-state index contributed by atoms with van der Waals surface area (Å²) in [6.45, 7) is 8.23. The van der Waals surface area contributed by atoms with Crippen LogP contribution in [-0.4, -0.2) is 19.0 Å². The van der Waals surface area contributed by atoms with Gasteiger partial charge in [-0.1, -0.05) is 20.8 Å². The summed E-state index contributed by atoms with van der Waals surface area (Å²) in [5.41, 5.74) is 5.58. The molecule has 72 valence electrons. The van der Waals surface area contributed by atoms with Gasteiger partial charge < -0.3 is 11.1 Å². The molecule has 3 nitrogen and oxygen atoms in total. The number of guanidine groups is 1. The molecule has 0 amide bonds. The molecular weight excluding hydrogens is 150 g/mol. The predicted octanol–water partition coefficient (Wildman–Crippen LogP) is 1.35. The minimum absolute atomic E-state index is 0.581. The van der Waals surface area contributed by atoms with Gasteiger partial charge >= 0.3 is 0 Å². The number of hydrogen-bond acceptors (Lipinski definition) is 1. The zero-order valence-corrected chi connectivity index (χ0v) is 8.43. The van der Waals surface area contributed by atoms with Crippen LogP contribution in [0.4, 0.5) is 0 Å². The molecule has 0 aliphatic heterocycles. The molecule has 3 heteroatoms. The van der Waals surface area contributed by atoms with E-state index in [0.717, 1.165) is 31.8 Å². The zero-order valence-electron chi connectivity index (χ0n) is 8.43. The highest BCUT2D eigenvalue weighted by Crippen LogP contribution is 1.95. The van der Waals surface area contributed by atoms with Gasteiger partial charge in [0.1, 0.15) is 0 Å². The molecule has 0 aliphatic rings. The standard InChI is InChI=1S/C9H21N3/c1-4-6-11-9(10)12-7-5-8(2)3/h8H,4-7H2,1-3H3,(H3,10,11,12). The summed E-state index contributed by atoms with van der Waals surface area (Å²) in [4.78, 5) is 4.12. The van der Waals surface area contributed by atoms with Crippen LogP contribution in [-0.2, 0) is 0 Å². The van der Waals surface area contributed by atoms with Crippen LogP contribution in [0.15, 0.2) is 4.99 Å². The molecule has 0 heterocycles. The van der Waals surface area contributed by atoms with Crippen molar-refractivity contribution in [1.82, 2.24) is 5.32 Å². The Balaban J connectivity index is 3.36. The molecule has 0 bridgehead atoms. The van der Waals surface area contributed by atoms with E-state index in [2.05, 4.69) is 31.1 Å². The molecule has 0 aromatic rings. The Hall–Kier alpha value is -0.730. The summed E-state index contributed by atoms with van der Waals surface area (Å²) >= 11 is 0. The average Bonchev–Trinajstić information content (AvgIpc) is 2.00. The number of rotatable bonds is 5. The Morgan fingerprint density at radius 2 is 2.17 bits per heavy atom. The molecule has 0 spiro atoms. The van der Waals surface area contributed by atoms with E-state index in [-0.39, 0.29) is 0 Å². The lowest BCUT2D eigenvalue weighted by Gasteiger charge is -2.06. The van der Waals surface area contributed by atoms with Crippen LogP contribution in [0.3, 0.4) is 0 Å². The number of nitrogens with one attached hydrogen (secondary N) is 1. The third-order valence-electron chi connectivity index (χ3n) is 1.53. The fourth-order valence-corrected chi connectivity index (χ4v) is 0.777. The molecule has 0 saturated heterocycles. The van der Waals surface area contributed by atoms with Crippen molar-refractivity contribution in [3.63, 3.8) is 0 Å². The van der Waals surface area contributed by atoms with Gasteiger partial charge in [-0.15, -0.1) is 0 Å². The highest BCUT2D eigenvalue weighted by molar-refractivity contribution is 5.77. The van der Waals surface area contributed by atoms with Crippen LogP contribution in [0, 0.1) is 5.92 Å². The van der Waals surface area contributed by atoms with Crippen LogP contribution in [0.2, 0.25) is 0 Å². The lowest BCUT2D eigenvalue weighted by Crippen LogP contribution is -2.33. The van der Waals surface area contributed by atoms with Crippen molar-refractivity contribution in [2.75, 3.05) is 13.1 Å². The summed E-state index contributed by atoms with van der Waals surface area (Å²) in [6.07, 6.45) is 2.19. The molecule has 0 aromatic carbocycles. The van der Waals surface area contributed by atoms with Gasteiger partial charge in [0.2, 0.25) is 0 Å². The minimum Gasteiger partial charge on any atom is -0.370 e. The molecule has 0 aliphatic carbocycles. The van der Waals surface area contributed by atoms with E-state index in [1.807, 2.05) is 0 Å². The number of aliphatic imine (C=N–C) groups is 1. The van der Waals surface area contributed by atoms with Crippen molar-refractivity contribution in [3.05, 3.63) is 0 Å². The Morgan fingerprint density at radius 3 is 2.67 bits per heavy atom.